The van der Waals surface area contributed by atoms with E-state index >= 15 is 0 Å². The van der Waals surface area contributed by atoms with Crippen LogP contribution in [0.25, 0.3) is 0 Å². The highest BCUT2D eigenvalue weighted by Gasteiger charge is 2.48. The Balaban J connectivity index is 2.22. The number of aliphatic hydroxyl groups is 1. The number of ketones is 1. The molecule has 0 amide bonds. The fourth-order valence-corrected chi connectivity index (χ4v) is 3.93. The molecule has 2 atom stereocenters. The first-order valence-electron chi connectivity index (χ1n) is 7.23. The van der Waals surface area contributed by atoms with E-state index in [0.717, 1.165) is 29.6 Å². The molecular formula is C17H19FO2. The number of fused-ring (bicyclic) bond motifs is 1. The van der Waals surface area contributed by atoms with E-state index in [0.29, 0.717) is 19.3 Å². The Labute approximate surface area is 118 Å². The van der Waals surface area contributed by atoms with Crippen molar-refractivity contribution in [2.24, 2.45) is 0 Å². The molecule has 2 aliphatic rings. The molecule has 1 aromatic rings. The summed E-state index contributed by atoms with van der Waals surface area (Å²) in [5.41, 5.74) is 2.06. The molecule has 0 radical (unpaired) electrons. The number of carbonyl (C=O) groups excluding carboxylic acids is 1. The highest BCUT2D eigenvalue weighted by atomic mass is 19.1. The zero-order valence-corrected chi connectivity index (χ0v) is 11.7. The van der Waals surface area contributed by atoms with Gasteiger partial charge in [-0.15, -0.1) is 0 Å². The molecule has 20 heavy (non-hydrogen) atoms. The second kappa shape index (κ2) is 4.81. The second-order valence-electron chi connectivity index (χ2n) is 5.92. The van der Waals surface area contributed by atoms with Gasteiger partial charge < -0.3 is 5.11 Å². The molecule has 1 saturated carbocycles. The van der Waals surface area contributed by atoms with Gasteiger partial charge in [-0.05, 0) is 55.9 Å². The zero-order valence-electron chi connectivity index (χ0n) is 11.7. The molecule has 1 N–H and O–H groups in total. The quantitative estimate of drug-likeness (QED) is 0.853. The van der Waals surface area contributed by atoms with Crippen LogP contribution in [-0.2, 0) is 10.2 Å². The summed E-state index contributed by atoms with van der Waals surface area (Å²) in [5, 5.41) is 10.6. The number of carbonyl (C=O) groups is 1. The zero-order chi connectivity index (χ0) is 14.3. The predicted molar refractivity (Wildman–Crippen MR) is 74.9 cm³/mol. The maximum Gasteiger partial charge on any atom is 0.158 e. The lowest BCUT2D eigenvalue weighted by Gasteiger charge is -2.47. The number of benzene rings is 1. The highest BCUT2D eigenvalue weighted by molar-refractivity contribution is 5.97. The van der Waals surface area contributed by atoms with Gasteiger partial charge in [0.15, 0.2) is 5.78 Å². The lowest BCUT2D eigenvalue weighted by molar-refractivity contribution is -0.117. The second-order valence-corrected chi connectivity index (χ2v) is 5.92. The molecule has 0 heterocycles. The first kappa shape index (κ1) is 13.5. The molecule has 106 valence electrons. The number of aliphatic hydroxyl groups excluding tert-OH is 1. The lowest BCUT2D eigenvalue weighted by Crippen LogP contribution is -2.47. The molecule has 3 heteroatoms. The molecule has 0 aliphatic heterocycles. The number of halogens is 1. The van der Waals surface area contributed by atoms with Crippen molar-refractivity contribution >= 4 is 5.78 Å². The molecule has 0 saturated heterocycles. The molecule has 2 aliphatic carbocycles. The summed E-state index contributed by atoms with van der Waals surface area (Å²) in [4.78, 5) is 12.0. The van der Waals surface area contributed by atoms with Crippen LogP contribution in [0.5, 0.6) is 0 Å². The van der Waals surface area contributed by atoms with Crippen molar-refractivity contribution in [3.63, 3.8) is 0 Å². The lowest BCUT2D eigenvalue weighted by atomic mass is 9.58. The molecule has 1 aromatic carbocycles. The van der Waals surface area contributed by atoms with E-state index in [1.165, 1.54) is 12.1 Å². The van der Waals surface area contributed by atoms with Gasteiger partial charge >= 0.3 is 0 Å². The van der Waals surface area contributed by atoms with Crippen molar-refractivity contribution in [3.05, 3.63) is 46.8 Å². The largest absolute Gasteiger partial charge is 0.392 e. The van der Waals surface area contributed by atoms with E-state index in [1.807, 2.05) is 13.0 Å². The van der Waals surface area contributed by atoms with Crippen LogP contribution in [0.4, 0.5) is 4.39 Å². The molecule has 1 fully saturated rings. The van der Waals surface area contributed by atoms with E-state index in [4.69, 9.17) is 0 Å². The Kier molecular flexibility index (Phi) is 3.25. The van der Waals surface area contributed by atoms with Crippen LogP contribution >= 0.6 is 0 Å². The van der Waals surface area contributed by atoms with Gasteiger partial charge in [0, 0.05) is 11.8 Å². The Bertz CT molecular complexity index is 590. The third kappa shape index (κ3) is 1.84. The van der Waals surface area contributed by atoms with Gasteiger partial charge in [-0.1, -0.05) is 17.7 Å². The van der Waals surface area contributed by atoms with E-state index in [2.05, 4.69) is 0 Å². The normalized spacial score (nSPS) is 30.4. The van der Waals surface area contributed by atoms with Crippen LogP contribution in [0, 0.1) is 5.82 Å². The Morgan fingerprint density at radius 2 is 2.15 bits per heavy atom. The topological polar surface area (TPSA) is 37.3 Å². The van der Waals surface area contributed by atoms with Crippen LogP contribution in [-0.4, -0.2) is 17.0 Å². The molecule has 2 nitrogen and oxygen atoms in total. The SMILES string of the molecule is CC1=C2CCC[C@H](O)[C@@]2(c2cccc(F)c2)CCC1=O. The van der Waals surface area contributed by atoms with Crippen LogP contribution in [0.3, 0.4) is 0 Å². The van der Waals surface area contributed by atoms with E-state index in [1.54, 1.807) is 6.07 Å². The Morgan fingerprint density at radius 1 is 1.35 bits per heavy atom. The summed E-state index contributed by atoms with van der Waals surface area (Å²) in [7, 11) is 0. The van der Waals surface area contributed by atoms with E-state index in [9.17, 15) is 14.3 Å². The number of allylic oxidation sites excluding steroid dienone is 1. The van der Waals surface area contributed by atoms with Gasteiger partial charge in [0.25, 0.3) is 0 Å². The average Bonchev–Trinajstić information content (AvgIpc) is 2.44. The smallest absolute Gasteiger partial charge is 0.158 e. The molecule has 0 spiro atoms. The minimum absolute atomic E-state index is 0.168. The molecule has 0 bridgehead atoms. The van der Waals surface area contributed by atoms with Gasteiger partial charge in [-0.3, -0.25) is 4.79 Å². The van der Waals surface area contributed by atoms with Crippen molar-refractivity contribution in [1.82, 2.24) is 0 Å². The van der Waals surface area contributed by atoms with E-state index in [-0.39, 0.29) is 11.6 Å². The van der Waals surface area contributed by atoms with Crippen molar-refractivity contribution in [1.29, 1.82) is 0 Å². The number of hydrogen-bond acceptors (Lipinski definition) is 2. The van der Waals surface area contributed by atoms with Gasteiger partial charge in [-0.25, -0.2) is 4.39 Å². The molecule has 0 unspecified atom stereocenters. The maximum atomic E-state index is 13.6. The van der Waals surface area contributed by atoms with Crippen molar-refractivity contribution in [2.75, 3.05) is 0 Å². The van der Waals surface area contributed by atoms with Gasteiger partial charge in [0.05, 0.1) is 6.10 Å². The van der Waals surface area contributed by atoms with Crippen LogP contribution in [0.15, 0.2) is 35.4 Å². The van der Waals surface area contributed by atoms with Crippen LogP contribution in [0.2, 0.25) is 0 Å². The standard InChI is InChI=1S/C17H19FO2/c1-11-14-6-3-7-16(20)17(14,9-8-15(11)19)12-4-2-5-13(18)10-12/h2,4-5,10,16,20H,3,6-9H2,1H3/t16-,17+/m0/s1. The van der Waals surface area contributed by atoms with Crippen molar-refractivity contribution in [3.8, 4) is 0 Å². The Hall–Kier alpha value is -1.48. The summed E-state index contributed by atoms with van der Waals surface area (Å²) >= 11 is 0. The average molecular weight is 274 g/mol. The highest BCUT2D eigenvalue weighted by Crippen LogP contribution is 2.50. The van der Waals surface area contributed by atoms with E-state index < -0.39 is 11.5 Å². The number of rotatable bonds is 1. The maximum absolute atomic E-state index is 13.6. The molecule has 3 rings (SSSR count). The Morgan fingerprint density at radius 3 is 2.90 bits per heavy atom. The summed E-state index contributed by atoms with van der Waals surface area (Å²) in [6.07, 6.45) is 2.91. The van der Waals surface area contributed by atoms with Crippen molar-refractivity contribution in [2.45, 2.75) is 50.5 Å². The van der Waals surface area contributed by atoms with Crippen molar-refractivity contribution < 1.29 is 14.3 Å². The summed E-state index contributed by atoms with van der Waals surface area (Å²) < 4.78 is 13.6. The number of hydrogen-bond donors (Lipinski definition) is 1. The monoisotopic (exact) mass is 274 g/mol. The summed E-state index contributed by atoms with van der Waals surface area (Å²) in [6.45, 7) is 1.85. The predicted octanol–water partition coefficient (Wildman–Crippen LogP) is 3.29. The minimum atomic E-state index is -0.557. The van der Waals surface area contributed by atoms with Crippen LogP contribution in [0.1, 0.15) is 44.6 Å². The third-order valence-corrected chi connectivity index (χ3v) is 4.97. The van der Waals surface area contributed by atoms with Gasteiger partial charge in [0.1, 0.15) is 5.82 Å². The third-order valence-electron chi connectivity index (χ3n) is 4.97. The number of Topliss-reactive ketones (excluding diaryl/α,β-unsaturated/α-hetero) is 1. The first-order chi connectivity index (χ1) is 9.55. The summed E-state index contributed by atoms with van der Waals surface area (Å²) in [6, 6.07) is 6.49. The van der Waals surface area contributed by atoms with Crippen LogP contribution < -0.4 is 0 Å². The van der Waals surface area contributed by atoms with Gasteiger partial charge in [0.2, 0.25) is 0 Å². The molecular weight excluding hydrogens is 255 g/mol. The first-order valence-corrected chi connectivity index (χ1v) is 7.23. The summed E-state index contributed by atoms with van der Waals surface area (Å²) in [5.74, 6) is -0.121. The van der Waals surface area contributed by atoms with Gasteiger partial charge in [-0.2, -0.15) is 0 Å². The molecule has 0 aromatic heterocycles. The minimum Gasteiger partial charge on any atom is -0.392 e. The fourth-order valence-electron chi connectivity index (χ4n) is 3.93. The fraction of sp³-hybridized carbons (Fsp3) is 0.471.